The Hall–Kier alpha value is -4.27. The van der Waals surface area contributed by atoms with Gasteiger partial charge in [0.15, 0.2) is 5.65 Å². The van der Waals surface area contributed by atoms with Gasteiger partial charge in [0.05, 0.1) is 29.2 Å². The standard InChI is InChI=1S/C25H19F3N6/c1-15(16-6-3-2-4-7-16)31-24-29-11-10-21(32-24)20-13-18-14-30-34-23(18)33-22(20)17-8-5-9-19(12-17)25(26,27)28/h2-15H,1H3,(H,29,31,32)(H,30,33,34)/t15-/m0/s1. The highest BCUT2D eigenvalue weighted by Crippen LogP contribution is 2.36. The van der Waals surface area contributed by atoms with Gasteiger partial charge in [0.1, 0.15) is 0 Å². The van der Waals surface area contributed by atoms with Crippen LogP contribution in [0.5, 0.6) is 0 Å². The summed E-state index contributed by atoms with van der Waals surface area (Å²) in [7, 11) is 0. The number of anilines is 1. The van der Waals surface area contributed by atoms with Gasteiger partial charge in [-0.05, 0) is 36.8 Å². The second kappa shape index (κ2) is 8.58. The van der Waals surface area contributed by atoms with Crippen LogP contribution in [0.1, 0.15) is 24.1 Å². The first kappa shape index (κ1) is 21.6. The normalized spacial score (nSPS) is 12.6. The van der Waals surface area contributed by atoms with Gasteiger partial charge in [-0.2, -0.15) is 18.3 Å². The minimum Gasteiger partial charge on any atom is -0.348 e. The molecule has 0 aliphatic rings. The van der Waals surface area contributed by atoms with E-state index in [0.29, 0.717) is 34.1 Å². The molecular formula is C25H19F3N6. The molecule has 0 radical (unpaired) electrons. The van der Waals surface area contributed by atoms with Crippen LogP contribution in [-0.4, -0.2) is 25.1 Å². The molecule has 0 fully saturated rings. The topological polar surface area (TPSA) is 79.4 Å². The number of halogens is 3. The predicted molar refractivity (Wildman–Crippen MR) is 124 cm³/mol. The number of aromatic nitrogens is 5. The first-order valence-corrected chi connectivity index (χ1v) is 10.5. The third-order valence-electron chi connectivity index (χ3n) is 5.47. The van der Waals surface area contributed by atoms with Crippen molar-refractivity contribution in [2.75, 3.05) is 5.32 Å². The highest BCUT2D eigenvalue weighted by Gasteiger charge is 2.31. The van der Waals surface area contributed by atoms with Crippen LogP contribution in [-0.2, 0) is 6.18 Å². The molecule has 2 N–H and O–H groups in total. The summed E-state index contributed by atoms with van der Waals surface area (Å²) in [5, 5.41) is 10.8. The number of alkyl halides is 3. The Labute approximate surface area is 192 Å². The van der Waals surface area contributed by atoms with Gasteiger partial charge < -0.3 is 5.32 Å². The van der Waals surface area contributed by atoms with E-state index < -0.39 is 11.7 Å². The summed E-state index contributed by atoms with van der Waals surface area (Å²) in [6.07, 6.45) is -1.24. The number of H-pyrrole nitrogens is 1. The number of hydrogen-bond acceptors (Lipinski definition) is 5. The first-order chi connectivity index (χ1) is 16.4. The molecule has 34 heavy (non-hydrogen) atoms. The van der Waals surface area contributed by atoms with Gasteiger partial charge in [-0.15, -0.1) is 0 Å². The molecule has 3 heterocycles. The van der Waals surface area contributed by atoms with E-state index >= 15 is 0 Å². The Bertz CT molecular complexity index is 1450. The van der Waals surface area contributed by atoms with Crippen LogP contribution < -0.4 is 5.32 Å². The molecule has 0 saturated heterocycles. The van der Waals surface area contributed by atoms with Crippen molar-refractivity contribution in [3.63, 3.8) is 0 Å². The van der Waals surface area contributed by atoms with Gasteiger partial charge >= 0.3 is 6.18 Å². The molecule has 170 valence electrons. The second-order valence-electron chi connectivity index (χ2n) is 7.81. The second-order valence-corrected chi connectivity index (χ2v) is 7.81. The minimum atomic E-state index is -4.46. The van der Waals surface area contributed by atoms with Crippen molar-refractivity contribution in [1.29, 1.82) is 0 Å². The molecule has 0 amide bonds. The summed E-state index contributed by atoms with van der Waals surface area (Å²) in [6, 6.07) is 18.4. The SMILES string of the molecule is C[C@H](Nc1nccc(-c2cc3cn[nH]c3nc2-c2cccc(C(F)(F)F)c2)n1)c1ccccc1. The monoisotopic (exact) mass is 460 g/mol. The number of rotatable bonds is 5. The number of benzene rings is 2. The maximum absolute atomic E-state index is 13.4. The van der Waals surface area contributed by atoms with Gasteiger partial charge in [0.25, 0.3) is 0 Å². The molecule has 9 heteroatoms. The number of nitrogens with zero attached hydrogens (tertiary/aromatic N) is 4. The van der Waals surface area contributed by atoms with Crippen molar-refractivity contribution in [2.45, 2.75) is 19.1 Å². The Morgan fingerprint density at radius 2 is 1.76 bits per heavy atom. The summed E-state index contributed by atoms with van der Waals surface area (Å²) in [4.78, 5) is 13.5. The molecule has 0 bridgehead atoms. The number of hydrogen-bond donors (Lipinski definition) is 2. The Balaban J connectivity index is 1.59. The molecule has 0 saturated carbocycles. The zero-order valence-electron chi connectivity index (χ0n) is 18.0. The van der Waals surface area contributed by atoms with Crippen LogP contribution >= 0.6 is 0 Å². The van der Waals surface area contributed by atoms with E-state index in [1.165, 1.54) is 6.07 Å². The van der Waals surface area contributed by atoms with Crippen LogP contribution in [0.25, 0.3) is 33.5 Å². The largest absolute Gasteiger partial charge is 0.416 e. The van der Waals surface area contributed by atoms with E-state index in [1.54, 1.807) is 24.5 Å². The van der Waals surface area contributed by atoms with E-state index in [9.17, 15) is 13.2 Å². The molecule has 0 aliphatic heterocycles. The fraction of sp³-hybridized carbons (Fsp3) is 0.120. The first-order valence-electron chi connectivity index (χ1n) is 10.5. The number of aromatic amines is 1. The van der Waals surface area contributed by atoms with Crippen molar-refractivity contribution in [1.82, 2.24) is 25.1 Å². The Morgan fingerprint density at radius 1 is 0.941 bits per heavy atom. The Morgan fingerprint density at radius 3 is 2.56 bits per heavy atom. The van der Waals surface area contributed by atoms with Crippen LogP contribution in [0.3, 0.4) is 0 Å². The summed E-state index contributed by atoms with van der Waals surface area (Å²) in [6.45, 7) is 2.00. The van der Waals surface area contributed by atoms with Crippen LogP contribution in [0.15, 0.2) is 79.1 Å². The lowest BCUT2D eigenvalue weighted by Gasteiger charge is -2.15. The average Bonchev–Trinajstić information content (AvgIpc) is 3.31. The third kappa shape index (κ3) is 4.32. The summed E-state index contributed by atoms with van der Waals surface area (Å²) >= 11 is 0. The molecular weight excluding hydrogens is 441 g/mol. The van der Waals surface area contributed by atoms with Crippen molar-refractivity contribution >= 4 is 17.0 Å². The van der Waals surface area contributed by atoms with Gasteiger partial charge in [-0.25, -0.2) is 15.0 Å². The van der Waals surface area contributed by atoms with Crippen LogP contribution in [0.2, 0.25) is 0 Å². The van der Waals surface area contributed by atoms with E-state index in [1.807, 2.05) is 43.3 Å². The maximum Gasteiger partial charge on any atom is 0.416 e. The van der Waals surface area contributed by atoms with Crippen LogP contribution in [0, 0.1) is 0 Å². The fourth-order valence-electron chi connectivity index (χ4n) is 3.73. The van der Waals surface area contributed by atoms with Crippen molar-refractivity contribution in [2.24, 2.45) is 0 Å². The zero-order valence-corrected chi connectivity index (χ0v) is 18.0. The molecule has 0 aliphatic carbocycles. The molecule has 3 aromatic heterocycles. The lowest BCUT2D eigenvalue weighted by Crippen LogP contribution is -2.09. The number of pyridine rings is 1. The van der Waals surface area contributed by atoms with E-state index in [0.717, 1.165) is 23.1 Å². The molecule has 5 rings (SSSR count). The molecule has 1 atom stereocenters. The quantitative estimate of drug-likeness (QED) is 0.323. The average molecular weight is 460 g/mol. The lowest BCUT2D eigenvalue weighted by atomic mass is 10.0. The summed E-state index contributed by atoms with van der Waals surface area (Å²) < 4.78 is 40.1. The van der Waals surface area contributed by atoms with Crippen molar-refractivity contribution < 1.29 is 13.2 Å². The molecule has 5 aromatic rings. The van der Waals surface area contributed by atoms with E-state index in [2.05, 4.69) is 30.5 Å². The number of nitrogens with one attached hydrogen (secondary N) is 2. The minimum absolute atomic E-state index is 0.0473. The predicted octanol–water partition coefficient (Wildman–Crippen LogP) is 6.27. The van der Waals surface area contributed by atoms with Gasteiger partial charge in [0.2, 0.25) is 5.95 Å². The van der Waals surface area contributed by atoms with Crippen LogP contribution in [0.4, 0.5) is 19.1 Å². The molecule has 0 unspecified atom stereocenters. The third-order valence-corrected chi connectivity index (χ3v) is 5.47. The van der Waals surface area contributed by atoms with Gasteiger partial charge in [-0.3, -0.25) is 5.10 Å². The molecule has 2 aromatic carbocycles. The summed E-state index contributed by atoms with van der Waals surface area (Å²) in [5.74, 6) is 0.399. The number of fused-ring (bicyclic) bond motifs is 1. The Kier molecular flexibility index (Phi) is 5.45. The highest BCUT2D eigenvalue weighted by atomic mass is 19.4. The fourth-order valence-corrected chi connectivity index (χ4v) is 3.73. The zero-order chi connectivity index (χ0) is 23.7. The molecule has 0 spiro atoms. The molecule has 6 nitrogen and oxygen atoms in total. The lowest BCUT2D eigenvalue weighted by molar-refractivity contribution is -0.137. The summed E-state index contributed by atoms with van der Waals surface area (Å²) in [5.41, 5.74) is 2.59. The van der Waals surface area contributed by atoms with Crippen molar-refractivity contribution in [3.05, 3.63) is 90.3 Å². The van der Waals surface area contributed by atoms with Gasteiger partial charge in [0, 0.05) is 22.7 Å². The van der Waals surface area contributed by atoms with E-state index in [4.69, 9.17) is 0 Å². The van der Waals surface area contributed by atoms with Crippen molar-refractivity contribution in [3.8, 4) is 22.5 Å². The highest BCUT2D eigenvalue weighted by molar-refractivity contribution is 5.89. The van der Waals surface area contributed by atoms with Gasteiger partial charge in [-0.1, -0.05) is 42.5 Å². The maximum atomic E-state index is 13.4. The van der Waals surface area contributed by atoms with E-state index in [-0.39, 0.29) is 6.04 Å². The smallest absolute Gasteiger partial charge is 0.348 e.